The third kappa shape index (κ3) is 53.0. The van der Waals surface area contributed by atoms with Crippen molar-refractivity contribution in [2.75, 3.05) is 0 Å². The second-order valence-electron chi connectivity index (χ2n) is 0.542. The molecule has 30 valence electrons. The van der Waals surface area contributed by atoms with Crippen LogP contribution in [0.1, 0.15) is 0 Å². The third-order valence-electron chi connectivity index (χ3n) is 0. The van der Waals surface area contributed by atoms with Crippen LogP contribution in [0.25, 0.3) is 0 Å². The minimum atomic E-state index is -1.58. The van der Waals surface area contributed by atoms with Gasteiger partial charge in [0.25, 0.3) is 0 Å². The first-order valence-electron chi connectivity index (χ1n) is 0.856. The van der Waals surface area contributed by atoms with Crippen molar-refractivity contribution in [1.82, 2.24) is 0 Å². The molecular formula is C2HCl3. The maximum absolute atomic E-state index is 4.84. The van der Waals surface area contributed by atoms with Crippen LogP contribution in [0.15, 0.2) is 0 Å². The molecule has 0 aromatic heterocycles. The lowest BCUT2D eigenvalue weighted by Crippen LogP contribution is -1.88. The van der Waals surface area contributed by atoms with E-state index in [-0.39, 0.29) is 0 Å². The third-order valence-corrected chi connectivity index (χ3v) is 0. The van der Waals surface area contributed by atoms with E-state index in [2.05, 4.69) is 6.92 Å². The van der Waals surface area contributed by atoms with Gasteiger partial charge < -0.3 is 0 Å². The number of alkyl halides is 3. The van der Waals surface area contributed by atoms with Crippen LogP contribution in [0.3, 0.4) is 0 Å². The first-order valence-corrected chi connectivity index (χ1v) is 1.99. The second-order valence-corrected chi connectivity index (χ2v) is 2.91. The smallest absolute Gasteiger partial charge is 0.0833 e. The minimum absolute atomic E-state index is 1.58. The van der Waals surface area contributed by atoms with Crippen LogP contribution in [-0.4, -0.2) is 3.79 Å². The van der Waals surface area contributed by atoms with E-state index in [9.17, 15) is 0 Å². The minimum Gasteiger partial charge on any atom is -0.0833 e. The van der Waals surface area contributed by atoms with Crippen molar-refractivity contribution in [1.29, 1.82) is 0 Å². The van der Waals surface area contributed by atoms with E-state index in [4.69, 9.17) is 34.8 Å². The Hall–Kier alpha value is 0.870. The molecule has 0 aliphatic heterocycles. The maximum atomic E-state index is 4.84. The van der Waals surface area contributed by atoms with Crippen molar-refractivity contribution in [2.24, 2.45) is 0 Å². The molecular weight excluding hydrogens is 130 g/mol. The molecule has 0 atom stereocenters. The average Bonchev–Trinajstić information content (AvgIpc) is 0.722. The Bertz CT molecular complexity index is 20.4. The van der Waals surface area contributed by atoms with E-state index in [0.717, 1.165) is 0 Å². The molecule has 0 rings (SSSR count). The van der Waals surface area contributed by atoms with Crippen LogP contribution in [0.2, 0.25) is 0 Å². The highest BCUT2D eigenvalue weighted by atomic mass is 35.6. The van der Waals surface area contributed by atoms with E-state index >= 15 is 0 Å². The predicted molar refractivity (Wildman–Crippen MR) is 24.6 cm³/mol. The van der Waals surface area contributed by atoms with Gasteiger partial charge in [-0.15, -0.1) is 0 Å². The SMILES string of the molecule is [CH]C(Cl)(Cl)Cl. The van der Waals surface area contributed by atoms with Gasteiger partial charge in [0, 0.05) is 6.92 Å². The number of halogens is 3. The van der Waals surface area contributed by atoms with Gasteiger partial charge in [-0.1, -0.05) is 34.8 Å². The highest BCUT2D eigenvalue weighted by molar-refractivity contribution is 6.68. The number of rotatable bonds is 0. The molecule has 2 radical (unpaired) electrons. The standard InChI is InChI=1S/C2HCl3/c1-2(3,4)5/h1H. The zero-order valence-corrected chi connectivity index (χ0v) is 4.48. The Kier molecular flexibility index (Phi) is 1.81. The quantitative estimate of drug-likeness (QED) is 0.442. The second kappa shape index (κ2) is 1.55. The Morgan fingerprint density at radius 2 is 1.20 bits per heavy atom. The molecule has 0 saturated heterocycles. The molecule has 0 aromatic rings. The molecule has 0 bridgehead atoms. The van der Waals surface area contributed by atoms with Crippen molar-refractivity contribution in [3.05, 3.63) is 6.92 Å². The molecule has 0 spiro atoms. The van der Waals surface area contributed by atoms with Crippen LogP contribution in [0.5, 0.6) is 0 Å². The van der Waals surface area contributed by atoms with E-state index in [1.54, 1.807) is 0 Å². The molecule has 0 saturated carbocycles. The largest absolute Gasteiger partial charge is 0.194 e. The summed E-state index contributed by atoms with van der Waals surface area (Å²) in [7, 11) is 0. The fourth-order valence-corrected chi connectivity index (χ4v) is 0. The van der Waals surface area contributed by atoms with Crippen molar-refractivity contribution in [2.45, 2.75) is 3.79 Å². The molecule has 0 aliphatic carbocycles. The zero-order valence-electron chi connectivity index (χ0n) is 2.21. The van der Waals surface area contributed by atoms with Crippen molar-refractivity contribution in [3.8, 4) is 0 Å². The van der Waals surface area contributed by atoms with Gasteiger partial charge in [0.15, 0.2) is 3.79 Å². The molecule has 0 N–H and O–H groups in total. The molecule has 0 heterocycles. The predicted octanol–water partition coefficient (Wildman–Crippen LogP) is 2.07. The highest BCUT2D eigenvalue weighted by Crippen LogP contribution is 2.22. The summed E-state index contributed by atoms with van der Waals surface area (Å²) in [6.07, 6.45) is 0. The number of hydrogen-bond acceptors (Lipinski definition) is 0. The van der Waals surface area contributed by atoms with Crippen molar-refractivity contribution in [3.63, 3.8) is 0 Å². The summed E-state index contributed by atoms with van der Waals surface area (Å²) in [4.78, 5) is 0. The Labute approximate surface area is 46.0 Å². The first-order chi connectivity index (χ1) is 2.00. The van der Waals surface area contributed by atoms with E-state index in [1.165, 1.54) is 0 Å². The summed E-state index contributed by atoms with van der Waals surface area (Å²) in [5.74, 6) is 0. The van der Waals surface area contributed by atoms with Crippen LogP contribution in [0, 0.1) is 6.92 Å². The van der Waals surface area contributed by atoms with Gasteiger partial charge >= 0.3 is 0 Å². The molecule has 0 nitrogen and oxygen atoms in total. The summed E-state index contributed by atoms with van der Waals surface area (Å²) < 4.78 is -1.58. The molecule has 3 heteroatoms. The summed E-state index contributed by atoms with van der Waals surface area (Å²) >= 11 is 14.5. The fraction of sp³-hybridized carbons (Fsp3) is 0.500. The van der Waals surface area contributed by atoms with Crippen molar-refractivity contribution < 1.29 is 0 Å². The fourth-order valence-electron chi connectivity index (χ4n) is 0. The molecule has 0 aliphatic rings. The Morgan fingerprint density at radius 1 is 1.20 bits per heavy atom. The lowest BCUT2D eigenvalue weighted by atomic mass is 10.9. The van der Waals surface area contributed by atoms with Gasteiger partial charge in [-0.3, -0.25) is 0 Å². The topological polar surface area (TPSA) is 0 Å². The molecule has 0 unspecified atom stereocenters. The van der Waals surface area contributed by atoms with Crippen LogP contribution >= 0.6 is 34.8 Å². The molecule has 0 fully saturated rings. The van der Waals surface area contributed by atoms with Gasteiger partial charge in [0.1, 0.15) is 0 Å². The zero-order chi connectivity index (χ0) is 4.50. The summed E-state index contributed by atoms with van der Waals surface area (Å²) in [6.45, 7) is 4.65. The lowest BCUT2D eigenvalue weighted by Gasteiger charge is -1.93. The van der Waals surface area contributed by atoms with Crippen LogP contribution < -0.4 is 0 Å². The number of hydrogen-bond donors (Lipinski definition) is 0. The van der Waals surface area contributed by atoms with Gasteiger partial charge in [-0.05, 0) is 0 Å². The Balaban J connectivity index is 3.02. The van der Waals surface area contributed by atoms with Gasteiger partial charge in [-0.25, -0.2) is 0 Å². The van der Waals surface area contributed by atoms with Crippen molar-refractivity contribution >= 4 is 34.8 Å². The maximum Gasteiger partial charge on any atom is 0.194 e. The molecule has 0 aromatic carbocycles. The van der Waals surface area contributed by atoms with Gasteiger partial charge in [-0.2, -0.15) is 0 Å². The highest BCUT2D eigenvalue weighted by Gasteiger charge is 2.07. The Morgan fingerprint density at radius 3 is 1.20 bits per heavy atom. The van der Waals surface area contributed by atoms with Gasteiger partial charge in [0.05, 0.1) is 0 Å². The molecule has 5 heavy (non-hydrogen) atoms. The van der Waals surface area contributed by atoms with E-state index in [1.807, 2.05) is 0 Å². The normalized spacial score (nSPS) is 12.0. The van der Waals surface area contributed by atoms with Crippen LogP contribution in [-0.2, 0) is 0 Å². The van der Waals surface area contributed by atoms with E-state index in [0.29, 0.717) is 0 Å². The monoisotopic (exact) mass is 130 g/mol. The van der Waals surface area contributed by atoms with E-state index < -0.39 is 3.79 Å². The first kappa shape index (κ1) is 5.87. The average molecular weight is 131 g/mol. The lowest BCUT2D eigenvalue weighted by molar-refractivity contribution is 1.48. The summed E-state index contributed by atoms with van der Waals surface area (Å²) in [5.41, 5.74) is 0. The summed E-state index contributed by atoms with van der Waals surface area (Å²) in [5, 5.41) is 0. The van der Waals surface area contributed by atoms with Crippen LogP contribution in [0.4, 0.5) is 0 Å². The summed E-state index contributed by atoms with van der Waals surface area (Å²) in [6, 6.07) is 0. The molecule has 0 amide bonds. The van der Waals surface area contributed by atoms with Gasteiger partial charge in [0.2, 0.25) is 0 Å².